The molecule has 0 aromatic carbocycles. The molecule has 2 unspecified atom stereocenters. The van der Waals surface area contributed by atoms with Crippen LogP contribution in [0.1, 0.15) is 45.1 Å². The fourth-order valence-corrected chi connectivity index (χ4v) is 3.19. The first-order valence-electron chi connectivity index (χ1n) is 7.77. The van der Waals surface area contributed by atoms with Gasteiger partial charge in [0.05, 0.1) is 0 Å². The van der Waals surface area contributed by atoms with Crippen LogP contribution in [0.15, 0.2) is 18.5 Å². The van der Waals surface area contributed by atoms with Crippen LogP contribution in [0.4, 0.5) is 5.69 Å². The number of aromatic nitrogens is 1. The van der Waals surface area contributed by atoms with Crippen molar-refractivity contribution in [1.29, 1.82) is 0 Å². The average Bonchev–Trinajstić information content (AvgIpc) is 2.49. The minimum atomic E-state index is 0.0443. The molecule has 1 saturated heterocycles. The highest BCUT2D eigenvalue weighted by Gasteiger charge is 2.36. The van der Waals surface area contributed by atoms with Crippen molar-refractivity contribution in [2.24, 2.45) is 5.73 Å². The van der Waals surface area contributed by atoms with Crippen LogP contribution in [0, 0.1) is 0 Å². The molecule has 0 radical (unpaired) electrons. The molecule has 1 aromatic heterocycles. The molecular formula is C16H28N4. The summed E-state index contributed by atoms with van der Waals surface area (Å²) in [4.78, 5) is 6.75. The minimum Gasteiger partial charge on any atom is -0.398 e. The molecule has 2 heterocycles. The lowest BCUT2D eigenvalue weighted by Gasteiger charge is -2.47. The van der Waals surface area contributed by atoms with Gasteiger partial charge in [-0.25, -0.2) is 0 Å². The first-order valence-corrected chi connectivity index (χ1v) is 7.77. The first-order chi connectivity index (χ1) is 9.58. The molecule has 1 aliphatic rings. The summed E-state index contributed by atoms with van der Waals surface area (Å²) < 4.78 is 0. The highest BCUT2D eigenvalue weighted by molar-refractivity contribution is 5.44. The number of nitrogen functional groups attached to an aromatic ring is 1. The highest BCUT2D eigenvalue weighted by atomic mass is 15.2. The summed E-state index contributed by atoms with van der Waals surface area (Å²) in [5, 5.41) is 0. The Kier molecular flexibility index (Phi) is 5.00. The van der Waals surface area contributed by atoms with Crippen LogP contribution in [0.2, 0.25) is 0 Å². The fraction of sp³-hybridized carbons (Fsp3) is 0.688. The summed E-state index contributed by atoms with van der Waals surface area (Å²) in [6.07, 6.45) is 9.36. The zero-order chi connectivity index (χ0) is 14.6. The van der Waals surface area contributed by atoms with Crippen molar-refractivity contribution in [3.63, 3.8) is 0 Å². The smallest absolute Gasteiger partial charge is 0.0378 e. The molecule has 0 bridgehead atoms. The van der Waals surface area contributed by atoms with Crippen molar-refractivity contribution in [2.75, 3.05) is 18.8 Å². The molecule has 0 saturated carbocycles. The van der Waals surface area contributed by atoms with Crippen molar-refractivity contribution in [1.82, 2.24) is 9.88 Å². The van der Waals surface area contributed by atoms with Gasteiger partial charge < -0.3 is 11.5 Å². The summed E-state index contributed by atoms with van der Waals surface area (Å²) in [6.45, 7) is 6.87. The summed E-state index contributed by atoms with van der Waals surface area (Å²) in [5.74, 6) is 0. The lowest BCUT2D eigenvalue weighted by atomic mass is 9.83. The van der Waals surface area contributed by atoms with E-state index in [0.29, 0.717) is 0 Å². The average molecular weight is 276 g/mol. The molecule has 0 amide bonds. The number of hydrogen-bond donors (Lipinski definition) is 2. The molecule has 20 heavy (non-hydrogen) atoms. The number of nitrogens with two attached hydrogens (primary N) is 2. The molecule has 4 heteroatoms. The maximum atomic E-state index is 6.57. The van der Waals surface area contributed by atoms with Gasteiger partial charge in [0.25, 0.3) is 0 Å². The summed E-state index contributed by atoms with van der Waals surface area (Å²) in [7, 11) is 0. The Morgan fingerprint density at radius 1 is 1.35 bits per heavy atom. The predicted octanol–water partition coefficient (Wildman–Crippen LogP) is 2.19. The van der Waals surface area contributed by atoms with E-state index in [9.17, 15) is 0 Å². The number of hydrogen-bond acceptors (Lipinski definition) is 4. The molecular weight excluding hydrogens is 248 g/mol. The SMILES string of the molecule is CCC(C)(C(N)Cc1cnccc1N)N1CCCCC1. The zero-order valence-electron chi connectivity index (χ0n) is 12.8. The number of likely N-dealkylation sites (tertiary alicyclic amines) is 1. The summed E-state index contributed by atoms with van der Waals surface area (Å²) >= 11 is 0. The topological polar surface area (TPSA) is 68.2 Å². The maximum absolute atomic E-state index is 6.57. The number of pyridine rings is 1. The second kappa shape index (κ2) is 6.55. The Morgan fingerprint density at radius 3 is 2.65 bits per heavy atom. The van der Waals surface area contributed by atoms with Crippen LogP contribution >= 0.6 is 0 Å². The third-order valence-corrected chi connectivity index (χ3v) is 4.97. The van der Waals surface area contributed by atoms with E-state index in [0.717, 1.165) is 24.1 Å². The second-order valence-electron chi connectivity index (χ2n) is 6.14. The lowest BCUT2D eigenvalue weighted by Crippen LogP contribution is -2.59. The molecule has 1 aromatic rings. The Hall–Kier alpha value is -1.13. The van der Waals surface area contributed by atoms with Crippen molar-refractivity contribution < 1.29 is 0 Å². The van der Waals surface area contributed by atoms with Gasteiger partial charge in [-0.3, -0.25) is 9.88 Å². The zero-order valence-corrected chi connectivity index (χ0v) is 12.8. The molecule has 1 fully saturated rings. The van der Waals surface area contributed by atoms with E-state index in [1.54, 1.807) is 6.20 Å². The predicted molar refractivity (Wildman–Crippen MR) is 84.4 cm³/mol. The van der Waals surface area contributed by atoms with Crippen molar-refractivity contribution in [3.8, 4) is 0 Å². The maximum Gasteiger partial charge on any atom is 0.0378 e. The Bertz CT molecular complexity index is 428. The van der Waals surface area contributed by atoms with Crippen molar-refractivity contribution in [2.45, 2.75) is 57.5 Å². The van der Waals surface area contributed by atoms with Gasteiger partial charge in [0.1, 0.15) is 0 Å². The van der Waals surface area contributed by atoms with Crippen LogP contribution in [-0.4, -0.2) is 34.6 Å². The first kappa shape index (κ1) is 15.3. The highest BCUT2D eigenvalue weighted by Crippen LogP contribution is 2.28. The van der Waals surface area contributed by atoms with Gasteiger partial charge in [-0.2, -0.15) is 0 Å². The van der Waals surface area contributed by atoms with E-state index >= 15 is 0 Å². The van der Waals surface area contributed by atoms with Crippen LogP contribution in [-0.2, 0) is 6.42 Å². The van der Waals surface area contributed by atoms with E-state index in [-0.39, 0.29) is 11.6 Å². The molecule has 0 aliphatic carbocycles. The molecule has 112 valence electrons. The van der Waals surface area contributed by atoms with Crippen LogP contribution in [0.3, 0.4) is 0 Å². The fourth-order valence-electron chi connectivity index (χ4n) is 3.19. The normalized spacial score (nSPS) is 21.4. The van der Waals surface area contributed by atoms with Gasteiger partial charge in [-0.1, -0.05) is 13.3 Å². The second-order valence-corrected chi connectivity index (χ2v) is 6.14. The lowest BCUT2D eigenvalue weighted by molar-refractivity contribution is 0.0546. The van der Waals surface area contributed by atoms with E-state index in [1.807, 2.05) is 12.3 Å². The monoisotopic (exact) mass is 276 g/mol. The molecule has 1 aliphatic heterocycles. The van der Waals surface area contributed by atoms with Gasteiger partial charge >= 0.3 is 0 Å². The van der Waals surface area contributed by atoms with Gasteiger partial charge in [0.2, 0.25) is 0 Å². The number of rotatable bonds is 5. The Balaban J connectivity index is 2.11. The minimum absolute atomic E-state index is 0.0443. The van der Waals surface area contributed by atoms with E-state index in [2.05, 4.69) is 23.7 Å². The largest absolute Gasteiger partial charge is 0.398 e. The van der Waals surface area contributed by atoms with E-state index in [1.165, 1.54) is 32.4 Å². The molecule has 2 atom stereocenters. The summed E-state index contributed by atoms with van der Waals surface area (Å²) in [6, 6.07) is 1.93. The molecule has 2 rings (SSSR count). The quantitative estimate of drug-likeness (QED) is 0.865. The molecule has 0 spiro atoms. The van der Waals surface area contributed by atoms with E-state index < -0.39 is 0 Å². The van der Waals surface area contributed by atoms with Gasteiger partial charge in [0.15, 0.2) is 0 Å². The van der Waals surface area contributed by atoms with Crippen molar-refractivity contribution in [3.05, 3.63) is 24.0 Å². The molecule has 4 nitrogen and oxygen atoms in total. The third kappa shape index (κ3) is 3.13. The van der Waals surface area contributed by atoms with Crippen LogP contribution in [0.5, 0.6) is 0 Å². The standard InChI is InChI=1S/C16H28N4/c1-3-16(2,20-9-5-4-6-10-20)15(18)11-13-12-19-8-7-14(13)17/h7-8,12,15H,3-6,9-11,18H2,1-2H3,(H2,17,19). The Labute approximate surface area is 122 Å². The summed E-state index contributed by atoms with van der Waals surface area (Å²) in [5.41, 5.74) is 14.5. The Morgan fingerprint density at radius 2 is 2.05 bits per heavy atom. The van der Waals surface area contributed by atoms with Gasteiger partial charge in [-0.05, 0) is 57.3 Å². The van der Waals surface area contributed by atoms with Gasteiger partial charge in [-0.15, -0.1) is 0 Å². The van der Waals surface area contributed by atoms with Gasteiger partial charge in [0, 0.05) is 29.7 Å². The number of anilines is 1. The third-order valence-electron chi connectivity index (χ3n) is 4.97. The van der Waals surface area contributed by atoms with Crippen LogP contribution < -0.4 is 11.5 Å². The number of piperidine rings is 1. The number of nitrogens with zero attached hydrogens (tertiary/aromatic N) is 2. The van der Waals surface area contributed by atoms with E-state index in [4.69, 9.17) is 11.5 Å². The molecule has 4 N–H and O–H groups in total. The van der Waals surface area contributed by atoms with Crippen LogP contribution in [0.25, 0.3) is 0 Å². The van der Waals surface area contributed by atoms with Crippen molar-refractivity contribution >= 4 is 5.69 Å².